The molecule has 7 nitrogen and oxygen atoms in total. The van der Waals surface area contributed by atoms with Crippen molar-refractivity contribution in [3.8, 4) is 11.5 Å². The summed E-state index contributed by atoms with van der Waals surface area (Å²) < 4.78 is 11.0. The Morgan fingerprint density at radius 1 is 0.676 bits per heavy atom. The van der Waals surface area contributed by atoms with E-state index in [-0.39, 0.29) is 22.1 Å². The van der Waals surface area contributed by atoms with Crippen molar-refractivity contribution in [1.29, 1.82) is 0 Å². The fourth-order valence-corrected chi connectivity index (χ4v) is 3.41. The Kier molecular flexibility index (Phi) is 8.30. The molecule has 0 aromatic heterocycles. The van der Waals surface area contributed by atoms with Crippen LogP contribution in [0.5, 0.6) is 11.5 Å². The van der Waals surface area contributed by atoms with Gasteiger partial charge in [0.25, 0.3) is 5.91 Å². The maximum Gasteiger partial charge on any atom is 0.343 e. The molecular weight excluding hydrogens is 515 g/mol. The quantitative estimate of drug-likeness (QED) is 0.132. The van der Waals surface area contributed by atoms with Gasteiger partial charge >= 0.3 is 11.9 Å². The Bertz CT molecular complexity index is 1470. The molecule has 0 saturated heterocycles. The van der Waals surface area contributed by atoms with E-state index in [9.17, 15) is 14.4 Å². The van der Waals surface area contributed by atoms with Crippen molar-refractivity contribution >= 4 is 47.3 Å². The third kappa shape index (κ3) is 6.82. The Hall–Kier alpha value is -4.46. The molecule has 0 aliphatic carbocycles. The summed E-state index contributed by atoms with van der Waals surface area (Å²) in [5.41, 5.74) is 3.66. The van der Waals surface area contributed by atoms with Crippen molar-refractivity contribution in [3.63, 3.8) is 0 Å². The zero-order chi connectivity index (χ0) is 26.2. The maximum atomic E-state index is 12.7. The summed E-state index contributed by atoms with van der Waals surface area (Å²) in [6.45, 7) is 0. The van der Waals surface area contributed by atoms with E-state index in [0.29, 0.717) is 21.7 Å². The summed E-state index contributed by atoms with van der Waals surface area (Å²) in [7, 11) is 0. The highest BCUT2D eigenvalue weighted by Crippen LogP contribution is 2.26. The van der Waals surface area contributed by atoms with Crippen LogP contribution in [0.25, 0.3) is 0 Å². The second-order valence-electron chi connectivity index (χ2n) is 7.54. The van der Waals surface area contributed by atoms with Crippen LogP contribution in [-0.4, -0.2) is 24.1 Å². The first-order valence-corrected chi connectivity index (χ1v) is 11.6. The fourth-order valence-electron chi connectivity index (χ4n) is 3.11. The van der Waals surface area contributed by atoms with Gasteiger partial charge in [-0.2, -0.15) is 5.10 Å². The van der Waals surface area contributed by atoms with Crippen molar-refractivity contribution < 1.29 is 23.9 Å². The number of rotatable bonds is 7. The number of hydrogen-bond donors (Lipinski definition) is 1. The van der Waals surface area contributed by atoms with Gasteiger partial charge in [0.2, 0.25) is 0 Å². The second-order valence-corrected chi connectivity index (χ2v) is 8.35. The Labute approximate surface area is 222 Å². The molecular formula is C28H18Cl2N2O5. The fraction of sp³-hybridized carbons (Fsp3) is 0. The molecule has 37 heavy (non-hydrogen) atoms. The molecule has 0 saturated carbocycles. The van der Waals surface area contributed by atoms with Gasteiger partial charge in [-0.25, -0.2) is 15.0 Å². The molecule has 1 amide bonds. The third-order valence-corrected chi connectivity index (χ3v) is 5.71. The van der Waals surface area contributed by atoms with Crippen molar-refractivity contribution in [1.82, 2.24) is 5.43 Å². The zero-order valence-corrected chi connectivity index (χ0v) is 20.6. The highest BCUT2D eigenvalue weighted by atomic mass is 35.5. The van der Waals surface area contributed by atoms with Gasteiger partial charge in [-0.3, -0.25) is 4.79 Å². The lowest BCUT2D eigenvalue weighted by atomic mass is 10.2. The average Bonchev–Trinajstić information content (AvgIpc) is 2.92. The second kappa shape index (κ2) is 12.0. The van der Waals surface area contributed by atoms with Gasteiger partial charge in [-0.15, -0.1) is 0 Å². The number of nitrogens with one attached hydrogen (secondary N) is 1. The third-order valence-electron chi connectivity index (χ3n) is 4.97. The van der Waals surface area contributed by atoms with E-state index in [1.165, 1.54) is 42.6 Å². The first-order chi connectivity index (χ1) is 17.9. The number of amides is 1. The van der Waals surface area contributed by atoms with Gasteiger partial charge < -0.3 is 9.47 Å². The monoisotopic (exact) mass is 532 g/mol. The molecule has 4 rings (SSSR count). The van der Waals surface area contributed by atoms with E-state index in [4.69, 9.17) is 32.7 Å². The minimum atomic E-state index is -0.623. The molecule has 0 spiro atoms. The van der Waals surface area contributed by atoms with Crippen molar-refractivity contribution in [2.24, 2.45) is 5.10 Å². The van der Waals surface area contributed by atoms with E-state index < -0.39 is 17.8 Å². The zero-order valence-electron chi connectivity index (χ0n) is 19.1. The van der Waals surface area contributed by atoms with E-state index in [1.54, 1.807) is 60.7 Å². The number of esters is 2. The van der Waals surface area contributed by atoms with Crippen LogP contribution in [0, 0.1) is 0 Å². The lowest BCUT2D eigenvalue weighted by molar-refractivity contribution is 0.0732. The summed E-state index contributed by atoms with van der Waals surface area (Å²) in [5, 5.41) is 4.50. The lowest BCUT2D eigenvalue weighted by Gasteiger charge is -2.10. The van der Waals surface area contributed by atoms with Gasteiger partial charge in [-0.05, 0) is 54.6 Å². The van der Waals surface area contributed by atoms with Gasteiger partial charge in [-0.1, -0.05) is 59.6 Å². The minimum absolute atomic E-state index is 0.0692. The number of halogens is 2. The minimum Gasteiger partial charge on any atom is -0.423 e. The van der Waals surface area contributed by atoms with E-state index in [0.717, 1.165) is 0 Å². The van der Waals surface area contributed by atoms with E-state index in [2.05, 4.69) is 10.5 Å². The van der Waals surface area contributed by atoms with E-state index >= 15 is 0 Å². The lowest BCUT2D eigenvalue weighted by Crippen LogP contribution is -2.17. The first kappa shape index (κ1) is 25.6. The standard InChI is InChI=1S/C28H18Cl2N2O5/c29-23-14-12-20(15-24(23)30)26(33)32-31-17-21-11-13-22(36-27(34)18-7-3-1-4-8-18)16-25(21)37-28(35)19-9-5-2-6-10-19/h1-17H,(H,32,33)/b31-17+. The molecule has 0 heterocycles. The highest BCUT2D eigenvalue weighted by Gasteiger charge is 2.15. The summed E-state index contributed by atoms with van der Waals surface area (Å²) in [5.74, 6) is -1.50. The predicted octanol–water partition coefficient (Wildman–Crippen LogP) is 6.20. The maximum absolute atomic E-state index is 12.7. The SMILES string of the molecule is O=C(N/N=C/c1ccc(OC(=O)c2ccccc2)cc1OC(=O)c1ccccc1)c1ccc(Cl)c(Cl)c1. The highest BCUT2D eigenvalue weighted by molar-refractivity contribution is 6.42. The normalized spacial score (nSPS) is 10.6. The molecule has 184 valence electrons. The van der Waals surface area contributed by atoms with Gasteiger partial charge in [0.05, 0.1) is 27.4 Å². The van der Waals surface area contributed by atoms with Crippen LogP contribution in [0.1, 0.15) is 36.6 Å². The summed E-state index contributed by atoms with van der Waals surface area (Å²) >= 11 is 11.8. The summed E-state index contributed by atoms with van der Waals surface area (Å²) in [4.78, 5) is 37.5. The Morgan fingerprint density at radius 3 is 1.92 bits per heavy atom. The van der Waals surface area contributed by atoms with Gasteiger partial charge in [0.15, 0.2) is 0 Å². The molecule has 0 fully saturated rings. The molecule has 4 aromatic carbocycles. The van der Waals surface area contributed by atoms with Crippen LogP contribution >= 0.6 is 23.2 Å². The Balaban J connectivity index is 1.56. The smallest absolute Gasteiger partial charge is 0.343 e. The molecule has 0 radical (unpaired) electrons. The predicted molar refractivity (Wildman–Crippen MR) is 141 cm³/mol. The van der Waals surface area contributed by atoms with Crippen LogP contribution in [0.4, 0.5) is 0 Å². The number of carbonyl (C=O) groups is 3. The Morgan fingerprint density at radius 2 is 1.30 bits per heavy atom. The molecule has 1 N–H and O–H groups in total. The number of hydrazone groups is 1. The molecule has 0 aliphatic heterocycles. The number of benzene rings is 4. The molecule has 0 aliphatic rings. The summed E-state index contributed by atoms with van der Waals surface area (Å²) in [6, 6.07) is 25.7. The molecule has 9 heteroatoms. The molecule has 0 atom stereocenters. The van der Waals surface area contributed by atoms with Crippen LogP contribution in [0.2, 0.25) is 10.0 Å². The topological polar surface area (TPSA) is 94.1 Å². The summed E-state index contributed by atoms with van der Waals surface area (Å²) in [6.07, 6.45) is 1.30. The number of nitrogens with zero attached hydrogens (tertiary/aromatic N) is 1. The first-order valence-electron chi connectivity index (χ1n) is 10.9. The number of hydrogen-bond acceptors (Lipinski definition) is 6. The van der Waals surface area contributed by atoms with Gasteiger partial charge in [0.1, 0.15) is 11.5 Å². The number of ether oxygens (including phenoxy) is 2. The van der Waals surface area contributed by atoms with Crippen molar-refractivity contribution in [2.75, 3.05) is 0 Å². The van der Waals surface area contributed by atoms with Crippen molar-refractivity contribution in [3.05, 3.63) is 129 Å². The van der Waals surface area contributed by atoms with E-state index in [1.807, 2.05) is 0 Å². The average molecular weight is 533 g/mol. The van der Waals surface area contributed by atoms with Crippen molar-refractivity contribution in [2.45, 2.75) is 0 Å². The van der Waals surface area contributed by atoms with Crippen LogP contribution in [0.15, 0.2) is 102 Å². The van der Waals surface area contributed by atoms with Crippen LogP contribution in [-0.2, 0) is 0 Å². The van der Waals surface area contributed by atoms with Crippen LogP contribution in [0.3, 0.4) is 0 Å². The molecule has 0 bridgehead atoms. The largest absolute Gasteiger partial charge is 0.423 e. The number of carbonyl (C=O) groups excluding carboxylic acids is 3. The van der Waals surface area contributed by atoms with Gasteiger partial charge in [0, 0.05) is 17.2 Å². The van der Waals surface area contributed by atoms with Crippen LogP contribution < -0.4 is 14.9 Å². The molecule has 4 aromatic rings. The molecule has 0 unspecified atom stereocenters.